The number of methoxy groups -OCH3 is 1. The van der Waals surface area contributed by atoms with Crippen molar-refractivity contribution in [3.63, 3.8) is 0 Å². The molecule has 1 aliphatic rings. The van der Waals surface area contributed by atoms with E-state index in [1.165, 1.54) is 0 Å². The summed E-state index contributed by atoms with van der Waals surface area (Å²) in [6.07, 6.45) is 2.14. The summed E-state index contributed by atoms with van der Waals surface area (Å²) in [5.74, 6) is 0.104. The van der Waals surface area contributed by atoms with Crippen LogP contribution in [-0.2, 0) is 4.74 Å². The maximum Gasteiger partial charge on any atom is 0.252 e. The largest absolute Gasteiger partial charge is 0.489 e. The third-order valence-corrected chi connectivity index (χ3v) is 2.83. The molecule has 1 aromatic carbocycles. The van der Waals surface area contributed by atoms with Gasteiger partial charge in [-0.3, -0.25) is 4.79 Å². The summed E-state index contributed by atoms with van der Waals surface area (Å²) < 4.78 is 10.9. The fourth-order valence-electron chi connectivity index (χ4n) is 1.76. The Morgan fingerprint density at radius 1 is 1.31 bits per heavy atom. The van der Waals surface area contributed by atoms with E-state index in [9.17, 15) is 4.79 Å². The van der Waals surface area contributed by atoms with E-state index in [-0.39, 0.29) is 12.2 Å². The number of nitrogens with two attached hydrogens (primary N) is 1. The highest BCUT2D eigenvalue weighted by Crippen LogP contribution is 2.29. The predicted molar refractivity (Wildman–Crippen MR) is 59.4 cm³/mol. The lowest BCUT2D eigenvalue weighted by Crippen LogP contribution is -2.39. The van der Waals surface area contributed by atoms with Crippen LogP contribution in [0.25, 0.3) is 0 Å². The van der Waals surface area contributed by atoms with Gasteiger partial charge in [-0.25, -0.2) is 0 Å². The van der Waals surface area contributed by atoms with E-state index in [0.717, 1.165) is 12.8 Å². The van der Waals surface area contributed by atoms with Gasteiger partial charge in [-0.2, -0.15) is 0 Å². The summed E-state index contributed by atoms with van der Waals surface area (Å²) in [6, 6.07) is 7.03. The van der Waals surface area contributed by atoms with E-state index in [1.54, 1.807) is 25.3 Å². The monoisotopic (exact) mass is 221 g/mol. The molecular weight excluding hydrogens is 206 g/mol. The number of primary amides is 1. The second-order valence-electron chi connectivity index (χ2n) is 3.93. The minimum Gasteiger partial charge on any atom is -0.489 e. The molecule has 0 unspecified atom stereocenters. The zero-order valence-corrected chi connectivity index (χ0v) is 9.18. The van der Waals surface area contributed by atoms with Crippen LogP contribution >= 0.6 is 0 Å². The molecular formula is C12H15NO3. The summed E-state index contributed by atoms with van der Waals surface area (Å²) in [7, 11) is 1.69. The van der Waals surface area contributed by atoms with Crippen LogP contribution in [0.15, 0.2) is 24.3 Å². The highest BCUT2D eigenvalue weighted by Gasteiger charge is 2.31. The number of hydrogen-bond acceptors (Lipinski definition) is 3. The normalized spacial score (nSPS) is 23.6. The first-order valence-corrected chi connectivity index (χ1v) is 5.29. The second kappa shape index (κ2) is 4.53. The van der Waals surface area contributed by atoms with Crippen molar-refractivity contribution in [2.75, 3.05) is 7.11 Å². The van der Waals surface area contributed by atoms with E-state index < -0.39 is 5.91 Å². The Bertz CT molecular complexity index is 386. The van der Waals surface area contributed by atoms with E-state index >= 15 is 0 Å². The lowest BCUT2D eigenvalue weighted by Gasteiger charge is -2.34. The van der Waals surface area contributed by atoms with E-state index in [0.29, 0.717) is 11.3 Å². The fourth-order valence-corrected chi connectivity index (χ4v) is 1.76. The molecule has 0 saturated heterocycles. The van der Waals surface area contributed by atoms with Gasteiger partial charge in [0.15, 0.2) is 0 Å². The molecule has 0 aromatic heterocycles. The van der Waals surface area contributed by atoms with E-state index in [2.05, 4.69) is 0 Å². The van der Waals surface area contributed by atoms with Gasteiger partial charge in [-0.15, -0.1) is 0 Å². The Hall–Kier alpha value is -1.55. The van der Waals surface area contributed by atoms with E-state index in [1.807, 2.05) is 6.07 Å². The lowest BCUT2D eigenvalue weighted by atomic mass is 9.92. The Balaban J connectivity index is 2.02. The first-order chi connectivity index (χ1) is 7.70. The molecule has 4 nitrogen and oxygen atoms in total. The number of hydrogen-bond donors (Lipinski definition) is 1. The summed E-state index contributed by atoms with van der Waals surface area (Å²) in [5.41, 5.74) is 5.69. The number of amides is 1. The lowest BCUT2D eigenvalue weighted by molar-refractivity contribution is -0.0382. The maximum absolute atomic E-state index is 11.1. The molecule has 0 radical (unpaired) electrons. The fraction of sp³-hybridized carbons (Fsp3) is 0.417. The van der Waals surface area contributed by atoms with Crippen LogP contribution in [0.2, 0.25) is 0 Å². The highest BCUT2D eigenvalue weighted by molar-refractivity contribution is 5.95. The van der Waals surface area contributed by atoms with Gasteiger partial charge in [-0.1, -0.05) is 12.1 Å². The molecule has 0 bridgehead atoms. The van der Waals surface area contributed by atoms with Gasteiger partial charge in [0.25, 0.3) is 5.91 Å². The van der Waals surface area contributed by atoms with Crippen molar-refractivity contribution in [2.24, 2.45) is 5.73 Å². The standard InChI is InChI=1S/C12H15NO3/c1-15-8-6-9(7-8)16-11-5-3-2-4-10(11)12(13)14/h2-5,8-9H,6-7H2,1H3,(H2,13,14). The zero-order chi connectivity index (χ0) is 11.5. The van der Waals surface area contributed by atoms with Crippen LogP contribution in [0, 0.1) is 0 Å². The van der Waals surface area contributed by atoms with Crippen molar-refractivity contribution in [1.29, 1.82) is 0 Å². The van der Waals surface area contributed by atoms with Crippen LogP contribution in [0.1, 0.15) is 23.2 Å². The molecule has 86 valence electrons. The Morgan fingerprint density at radius 3 is 2.62 bits per heavy atom. The van der Waals surface area contributed by atoms with Gasteiger partial charge < -0.3 is 15.2 Å². The molecule has 16 heavy (non-hydrogen) atoms. The minimum atomic E-state index is -0.460. The van der Waals surface area contributed by atoms with Crippen molar-refractivity contribution in [2.45, 2.75) is 25.0 Å². The maximum atomic E-state index is 11.1. The topological polar surface area (TPSA) is 61.6 Å². The van der Waals surface area contributed by atoms with Crippen molar-refractivity contribution >= 4 is 5.91 Å². The molecule has 1 fully saturated rings. The van der Waals surface area contributed by atoms with Crippen LogP contribution in [0.4, 0.5) is 0 Å². The third kappa shape index (κ3) is 2.17. The van der Waals surface area contributed by atoms with Crippen LogP contribution in [-0.4, -0.2) is 25.2 Å². The average molecular weight is 221 g/mol. The molecule has 1 amide bonds. The van der Waals surface area contributed by atoms with Crippen molar-refractivity contribution in [3.05, 3.63) is 29.8 Å². The number of rotatable bonds is 4. The molecule has 0 atom stereocenters. The molecule has 0 aliphatic heterocycles. The number of carbonyl (C=O) groups is 1. The summed E-state index contributed by atoms with van der Waals surface area (Å²) in [6.45, 7) is 0. The predicted octanol–water partition coefficient (Wildman–Crippen LogP) is 1.34. The number of para-hydroxylation sites is 1. The quantitative estimate of drug-likeness (QED) is 0.834. The third-order valence-electron chi connectivity index (χ3n) is 2.83. The van der Waals surface area contributed by atoms with Crippen molar-refractivity contribution in [3.8, 4) is 5.75 Å². The first-order valence-electron chi connectivity index (χ1n) is 5.29. The van der Waals surface area contributed by atoms with Gasteiger partial charge in [0, 0.05) is 20.0 Å². The van der Waals surface area contributed by atoms with Gasteiger partial charge in [-0.05, 0) is 12.1 Å². The SMILES string of the molecule is COC1CC(Oc2ccccc2C(N)=O)C1. The van der Waals surface area contributed by atoms with Gasteiger partial charge in [0.1, 0.15) is 11.9 Å². The summed E-state index contributed by atoms with van der Waals surface area (Å²) in [4.78, 5) is 11.1. The smallest absolute Gasteiger partial charge is 0.252 e. The molecule has 0 spiro atoms. The van der Waals surface area contributed by atoms with Gasteiger partial charge in [0.05, 0.1) is 11.7 Å². The van der Waals surface area contributed by atoms with Gasteiger partial charge in [0.2, 0.25) is 0 Å². The van der Waals surface area contributed by atoms with Crippen molar-refractivity contribution < 1.29 is 14.3 Å². The average Bonchev–Trinajstić information content (AvgIpc) is 2.23. The molecule has 4 heteroatoms. The highest BCUT2D eigenvalue weighted by atomic mass is 16.5. The Labute approximate surface area is 94.3 Å². The molecule has 2 rings (SSSR count). The number of benzene rings is 1. The second-order valence-corrected chi connectivity index (χ2v) is 3.93. The van der Waals surface area contributed by atoms with Crippen LogP contribution in [0.3, 0.4) is 0 Å². The van der Waals surface area contributed by atoms with Crippen molar-refractivity contribution in [1.82, 2.24) is 0 Å². The molecule has 0 heterocycles. The van der Waals surface area contributed by atoms with Gasteiger partial charge >= 0.3 is 0 Å². The van der Waals surface area contributed by atoms with Crippen LogP contribution in [0.5, 0.6) is 5.75 Å². The number of carbonyl (C=O) groups excluding carboxylic acids is 1. The molecule has 1 aromatic rings. The zero-order valence-electron chi connectivity index (χ0n) is 9.18. The first kappa shape index (κ1) is 11.0. The molecule has 2 N–H and O–H groups in total. The Morgan fingerprint density at radius 2 is 2.00 bits per heavy atom. The van der Waals surface area contributed by atoms with Crippen LogP contribution < -0.4 is 10.5 Å². The number of ether oxygens (including phenoxy) is 2. The van der Waals surface area contributed by atoms with E-state index in [4.69, 9.17) is 15.2 Å². The molecule has 1 saturated carbocycles. The summed E-state index contributed by atoms with van der Waals surface area (Å²) >= 11 is 0. The minimum absolute atomic E-state index is 0.130. The Kier molecular flexibility index (Phi) is 3.10. The molecule has 1 aliphatic carbocycles. The summed E-state index contributed by atoms with van der Waals surface area (Å²) in [5, 5.41) is 0.